The maximum absolute atomic E-state index is 12.5. The van der Waals surface area contributed by atoms with Crippen LogP contribution in [0.5, 0.6) is 0 Å². The molecule has 3 aromatic carbocycles. The Balaban J connectivity index is 1.41. The molecule has 34 heavy (non-hydrogen) atoms. The van der Waals surface area contributed by atoms with E-state index >= 15 is 0 Å². The molecule has 2 N–H and O–H groups in total. The van der Waals surface area contributed by atoms with Crippen molar-refractivity contribution in [2.75, 3.05) is 4.72 Å². The molecule has 0 saturated carbocycles. The largest absolute Gasteiger partial charge is 0.280 e. The number of carbonyl (C=O) groups excluding carboxylic acids is 1. The molecule has 0 aliphatic heterocycles. The second-order valence-electron chi connectivity index (χ2n) is 7.76. The second-order valence-corrected chi connectivity index (χ2v) is 9.80. The molecule has 4 rings (SSSR count). The third-order valence-corrected chi connectivity index (χ3v) is 6.75. The number of carbonyl (C=O) groups is 1. The first-order valence-corrected chi connectivity index (χ1v) is 12.2. The number of benzene rings is 3. The maximum atomic E-state index is 12.5. The Morgan fingerprint density at radius 3 is 2.32 bits per heavy atom. The SMILES string of the molecule is Cc1ccc(S(=O)(=O)Nc2ccc(C(=O)N/N=C\c3cc4ccc(C)cc4nc3Cl)cc2)cc1. The zero-order chi connectivity index (χ0) is 24.3. The Morgan fingerprint density at radius 1 is 0.941 bits per heavy atom. The molecule has 0 spiro atoms. The summed E-state index contributed by atoms with van der Waals surface area (Å²) >= 11 is 6.24. The van der Waals surface area contributed by atoms with Crippen LogP contribution in [0.2, 0.25) is 5.15 Å². The molecule has 7 nitrogen and oxygen atoms in total. The number of anilines is 1. The first-order chi connectivity index (χ1) is 16.2. The molecule has 172 valence electrons. The van der Waals surface area contributed by atoms with E-state index in [0.29, 0.717) is 16.8 Å². The summed E-state index contributed by atoms with van der Waals surface area (Å²) in [4.78, 5) is 16.9. The highest BCUT2D eigenvalue weighted by Gasteiger charge is 2.14. The summed E-state index contributed by atoms with van der Waals surface area (Å²) in [7, 11) is -3.72. The van der Waals surface area contributed by atoms with E-state index in [9.17, 15) is 13.2 Å². The molecule has 0 aliphatic carbocycles. The zero-order valence-electron chi connectivity index (χ0n) is 18.4. The molecule has 0 aliphatic rings. The van der Waals surface area contributed by atoms with Gasteiger partial charge in [0.15, 0.2) is 0 Å². The van der Waals surface area contributed by atoms with Crippen LogP contribution in [0, 0.1) is 13.8 Å². The van der Waals surface area contributed by atoms with Gasteiger partial charge in [-0.25, -0.2) is 18.8 Å². The Hall–Kier alpha value is -3.75. The number of halogens is 1. The van der Waals surface area contributed by atoms with Gasteiger partial charge in [-0.15, -0.1) is 0 Å². The van der Waals surface area contributed by atoms with Crippen molar-refractivity contribution in [3.05, 3.63) is 100 Å². The van der Waals surface area contributed by atoms with Crippen molar-refractivity contribution >= 4 is 50.3 Å². The van der Waals surface area contributed by atoms with E-state index in [1.807, 2.05) is 38.1 Å². The van der Waals surface area contributed by atoms with Crippen LogP contribution >= 0.6 is 11.6 Å². The van der Waals surface area contributed by atoms with E-state index in [2.05, 4.69) is 20.2 Å². The van der Waals surface area contributed by atoms with E-state index in [1.165, 1.54) is 42.6 Å². The monoisotopic (exact) mass is 492 g/mol. The Bertz CT molecular complexity index is 1500. The fourth-order valence-corrected chi connectivity index (χ4v) is 4.46. The highest BCUT2D eigenvalue weighted by atomic mass is 35.5. The third-order valence-electron chi connectivity index (χ3n) is 5.05. The van der Waals surface area contributed by atoms with E-state index in [0.717, 1.165) is 22.0 Å². The van der Waals surface area contributed by atoms with Gasteiger partial charge in [-0.1, -0.05) is 41.4 Å². The average molecular weight is 493 g/mol. The van der Waals surface area contributed by atoms with Gasteiger partial charge in [-0.05, 0) is 67.9 Å². The van der Waals surface area contributed by atoms with Crippen molar-refractivity contribution in [3.8, 4) is 0 Å². The molecule has 0 atom stereocenters. The first kappa shape index (κ1) is 23.4. The number of fused-ring (bicyclic) bond motifs is 1. The molecular weight excluding hydrogens is 472 g/mol. The fourth-order valence-electron chi connectivity index (χ4n) is 3.21. The molecular formula is C25H21ClN4O3S. The fraction of sp³-hybridized carbons (Fsp3) is 0.0800. The number of amides is 1. The number of nitrogens with zero attached hydrogens (tertiary/aromatic N) is 2. The lowest BCUT2D eigenvalue weighted by atomic mass is 10.1. The number of rotatable bonds is 6. The van der Waals surface area contributed by atoms with Gasteiger partial charge < -0.3 is 0 Å². The lowest BCUT2D eigenvalue weighted by Crippen LogP contribution is -2.18. The summed E-state index contributed by atoms with van der Waals surface area (Å²) in [6, 6.07) is 20.3. The Labute approximate surface area is 202 Å². The molecule has 0 radical (unpaired) electrons. The van der Waals surface area contributed by atoms with Gasteiger partial charge in [0.05, 0.1) is 16.6 Å². The summed E-state index contributed by atoms with van der Waals surface area (Å²) < 4.78 is 27.5. The normalized spacial score (nSPS) is 11.6. The Morgan fingerprint density at radius 2 is 1.62 bits per heavy atom. The maximum Gasteiger partial charge on any atom is 0.271 e. The minimum atomic E-state index is -3.72. The predicted molar refractivity (Wildman–Crippen MR) is 135 cm³/mol. The standard InChI is InChI=1S/C25H21ClN4O3S/c1-16-4-11-22(12-5-16)34(32,33)30-21-9-7-18(8-10-21)25(31)29-27-15-20-14-19-6-3-17(2)13-23(19)28-24(20)26/h3-15,30H,1-2H3,(H,29,31)/b27-15-. The lowest BCUT2D eigenvalue weighted by molar-refractivity contribution is 0.0955. The van der Waals surface area contributed by atoms with E-state index in [-0.39, 0.29) is 10.0 Å². The molecule has 9 heteroatoms. The highest BCUT2D eigenvalue weighted by molar-refractivity contribution is 7.92. The van der Waals surface area contributed by atoms with E-state index in [4.69, 9.17) is 11.6 Å². The number of hydrogen-bond acceptors (Lipinski definition) is 5. The van der Waals surface area contributed by atoms with Crippen molar-refractivity contribution in [1.82, 2.24) is 10.4 Å². The average Bonchev–Trinajstić information content (AvgIpc) is 2.80. The van der Waals surface area contributed by atoms with E-state index in [1.54, 1.807) is 12.1 Å². The van der Waals surface area contributed by atoms with Gasteiger partial charge in [0.25, 0.3) is 15.9 Å². The minimum absolute atomic E-state index is 0.159. The van der Waals surface area contributed by atoms with Crippen LogP contribution in [0.1, 0.15) is 27.0 Å². The van der Waals surface area contributed by atoms with Crippen molar-refractivity contribution in [1.29, 1.82) is 0 Å². The van der Waals surface area contributed by atoms with Crippen LogP contribution in [0.3, 0.4) is 0 Å². The van der Waals surface area contributed by atoms with Crippen LogP contribution in [-0.4, -0.2) is 25.5 Å². The molecule has 0 fully saturated rings. The van der Waals surface area contributed by atoms with Crippen molar-refractivity contribution in [2.45, 2.75) is 18.7 Å². The first-order valence-electron chi connectivity index (χ1n) is 10.3. The van der Waals surface area contributed by atoms with Crippen LogP contribution in [0.15, 0.2) is 82.8 Å². The van der Waals surface area contributed by atoms with Crippen molar-refractivity contribution in [2.24, 2.45) is 5.10 Å². The summed E-state index contributed by atoms with van der Waals surface area (Å²) in [5.41, 5.74) is 6.48. The topological polar surface area (TPSA) is 101 Å². The molecule has 0 bridgehead atoms. The number of nitrogens with one attached hydrogen (secondary N) is 2. The number of hydrazone groups is 1. The lowest BCUT2D eigenvalue weighted by Gasteiger charge is -2.09. The van der Waals surface area contributed by atoms with Crippen LogP contribution < -0.4 is 10.1 Å². The van der Waals surface area contributed by atoms with Gasteiger partial charge in [-0.2, -0.15) is 5.10 Å². The summed E-state index contributed by atoms with van der Waals surface area (Å²) in [5, 5.41) is 5.16. The molecule has 1 heterocycles. The minimum Gasteiger partial charge on any atom is -0.280 e. The molecule has 0 saturated heterocycles. The summed E-state index contributed by atoms with van der Waals surface area (Å²) in [6.45, 7) is 3.86. The smallest absolute Gasteiger partial charge is 0.271 e. The summed E-state index contributed by atoms with van der Waals surface area (Å²) in [5.74, 6) is -0.454. The highest BCUT2D eigenvalue weighted by Crippen LogP contribution is 2.21. The van der Waals surface area contributed by atoms with Crippen LogP contribution in [-0.2, 0) is 10.0 Å². The van der Waals surface area contributed by atoms with Crippen LogP contribution in [0.4, 0.5) is 5.69 Å². The number of pyridine rings is 1. The van der Waals surface area contributed by atoms with Gasteiger partial charge in [-0.3, -0.25) is 9.52 Å². The molecule has 1 aromatic heterocycles. The predicted octanol–water partition coefficient (Wildman–Crippen LogP) is 5.07. The van der Waals surface area contributed by atoms with Crippen LogP contribution in [0.25, 0.3) is 10.9 Å². The van der Waals surface area contributed by atoms with Crippen molar-refractivity contribution in [3.63, 3.8) is 0 Å². The zero-order valence-corrected chi connectivity index (χ0v) is 20.0. The van der Waals surface area contributed by atoms with Crippen molar-refractivity contribution < 1.29 is 13.2 Å². The number of sulfonamides is 1. The third kappa shape index (κ3) is 5.41. The van der Waals surface area contributed by atoms with Gasteiger partial charge >= 0.3 is 0 Å². The van der Waals surface area contributed by atoms with Gasteiger partial charge in [0.2, 0.25) is 0 Å². The molecule has 4 aromatic rings. The molecule has 0 unspecified atom stereocenters. The Kier molecular flexibility index (Phi) is 6.63. The number of aryl methyl sites for hydroxylation is 2. The number of aromatic nitrogens is 1. The molecule has 1 amide bonds. The van der Waals surface area contributed by atoms with Gasteiger partial charge in [0, 0.05) is 22.2 Å². The quantitative estimate of drug-likeness (QED) is 0.223. The number of hydrogen-bond donors (Lipinski definition) is 2. The second kappa shape index (κ2) is 9.62. The van der Waals surface area contributed by atoms with Gasteiger partial charge in [0.1, 0.15) is 5.15 Å². The summed E-state index contributed by atoms with van der Waals surface area (Å²) in [6.07, 6.45) is 1.43. The van der Waals surface area contributed by atoms with E-state index < -0.39 is 15.9 Å².